The van der Waals surface area contributed by atoms with Crippen LogP contribution in [-0.4, -0.2) is 45.8 Å². The van der Waals surface area contributed by atoms with Crippen molar-refractivity contribution in [1.29, 1.82) is 0 Å². The number of ether oxygens (including phenoxy) is 1. The Bertz CT molecular complexity index is 946. The van der Waals surface area contributed by atoms with Gasteiger partial charge in [-0.1, -0.05) is 30.3 Å². The number of esters is 1. The van der Waals surface area contributed by atoms with Gasteiger partial charge in [0, 0.05) is 43.4 Å². The number of methoxy groups -OCH3 is 1. The van der Waals surface area contributed by atoms with Crippen LogP contribution in [0.25, 0.3) is 11.3 Å². The minimum atomic E-state index is -0.480. The summed E-state index contributed by atoms with van der Waals surface area (Å²) in [6.07, 6.45) is 3.18. The average Bonchev–Trinajstić information content (AvgIpc) is 3.21. The Labute approximate surface area is 157 Å². The van der Waals surface area contributed by atoms with Crippen LogP contribution >= 0.6 is 0 Å². The number of aromatic nitrogens is 3. The van der Waals surface area contributed by atoms with Gasteiger partial charge in [-0.25, -0.2) is 9.78 Å². The molecule has 0 atom stereocenters. The Balaban J connectivity index is 1.50. The maximum absolute atomic E-state index is 11.5. The van der Waals surface area contributed by atoms with Crippen LogP contribution in [-0.2, 0) is 31.2 Å². The highest BCUT2D eigenvalue weighted by Crippen LogP contribution is 2.28. The van der Waals surface area contributed by atoms with Crippen molar-refractivity contribution in [3.8, 4) is 11.3 Å². The maximum Gasteiger partial charge on any atom is 0.360 e. The van der Waals surface area contributed by atoms with Crippen LogP contribution in [0, 0.1) is 0 Å². The Kier molecular flexibility index (Phi) is 4.77. The third kappa shape index (κ3) is 3.50. The van der Waals surface area contributed by atoms with Gasteiger partial charge in [-0.05, 0) is 6.42 Å². The monoisotopic (exact) mass is 366 g/mol. The standard InChI is InChI=1S/C20H22N4O3/c1-23-17-9-11-24(12-18-21-16(13-27-18)20(25)26-2)10-8-15(17)19(22-23)14-6-4-3-5-7-14/h3-7,13H,8-12H2,1-2H3. The third-order valence-electron chi connectivity index (χ3n) is 4.97. The summed E-state index contributed by atoms with van der Waals surface area (Å²) in [5.74, 6) is 0.0506. The number of rotatable bonds is 4. The van der Waals surface area contributed by atoms with E-state index in [0.717, 1.165) is 37.2 Å². The Morgan fingerprint density at radius 2 is 2.00 bits per heavy atom. The molecule has 1 aromatic carbocycles. The first-order chi connectivity index (χ1) is 13.2. The first-order valence-electron chi connectivity index (χ1n) is 9.01. The van der Waals surface area contributed by atoms with Crippen LogP contribution in [0.1, 0.15) is 27.6 Å². The lowest BCUT2D eigenvalue weighted by Gasteiger charge is -2.17. The molecule has 0 radical (unpaired) electrons. The van der Waals surface area contributed by atoms with Crippen LogP contribution in [0.2, 0.25) is 0 Å². The Hall–Kier alpha value is -2.93. The van der Waals surface area contributed by atoms with Gasteiger partial charge in [-0.15, -0.1) is 0 Å². The molecule has 0 bridgehead atoms. The lowest BCUT2D eigenvalue weighted by Crippen LogP contribution is -2.26. The van der Waals surface area contributed by atoms with Crippen molar-refractivity contribution in [3.05, 3.63) is 59.4 Å². The van der Waals surface area contributed by atoms with Gasteiger partial charge in [0.25, 0.3) is 0 Å². The topological polar surface area (TPSA) is 73.4 Å². The Morgan fingerprint density at radius 1 is 1.22 bits per heavy atom. The van der Waals surface area contributed by atoms with E-state index < -0.39 is 5.97 Å². The molecule has 3 aromatic rings. The van der Waals surface area contributed by atoms with E-state index in [0.29, 0.717) is 12.4 Å². The molecule has 1 aliphatic heterocycles. The third-order valence-corrected chi connectivity index (χ3v) is 4.97. The lowest BCUT2D eigenvalue weighted by atomic mass is 10.0. The van der Waals surface area contributed by atoms with Gasteiger partial charge >= 0.3 is 5.97 Å². The van der Waals surface area contributed by atoms with E-state index in [-0.39, 0.29) is 5.69 Å². The summed E-state index contributed by atoms with van der Waals surface area (Å²) in [6, 6.07) is 10.3. The fourth-order valence-electron chi connectivity index (χ4n) is 3.58. The second-order valence-corrected chi connectivity index (χ2v) is 6.66. The van der Waals surface area contributed by atoms with E-state index >= 15 is 0 Å². The van der Waals surface area contributed by atoms with E-state index in [4.69, 9.17) is 9.52 Å². The summed E-state index contributed by atoms with van der Waals surface area (Å²) in [5, 5.41) is 4.76. The normalized spacial score (nSPS) is 14.6. The zero-order valence-corrected chi connectivity index (χ0v) is 15.5. The Morgan fingerprint density at radius 3 is 2.78 bits per heavy atom. The van der Waals surface area contributed by atoms with Crippen LogP contribution in [0.4, 0.5) is 0 Å². The van der Waals surface area contributed by atoms with Gasteiger partial charge in [-0.3, -0.25) is 9.58 Å². The zero-order valence-electron chi connectivity index (χ0n) is 15.5. The van der Waals surface area contributed by atoms with Gasteiger partial charge in [0.2, 0.25) is 5.89 Å². The number of aryl methyl sites for hydroxylation is 1. The van der Waals surface area contributed by atoms with Crippen LogP contribution in [0.5, 0.6) is 0 Å². The highest BCUT2D eigenvalue weighted by atomic mass is 16.5. The fourth-order valence-corrected chi connectivity index (χ4v) is 3.58. The summed E-state index contributed by atoms with van der Waals surface area (Å²) < 4.78 is 12.1. The molecular weight excluding hydrogens is 344 g/mol. The molecule has 140 valence electrons. The van der Waals surface area contributed by atoms with E-state index in [2.05, 4.69) is 26.8 Å². The summed E-state index contributed by atoms with van der Waals surface area (Å²) in [6.45, 7) is 2.34. The van der Waals surface area contributed by atoms with Gasteiger partial charge < -0.3 is 9.15 Å². The van der Waals surface area contributed by atoms with Crippen molar-refractivity contribution >= 4 is 5.97 Å². The van der Waals surface area contributed by atoms with E-state index in [1.165, 1.54) is 24.6 Å². The van der Waals surface area contributed by atoms with Crippen molar-refractivity contribution in [2.75, 3.05) is 20.2 Å². The van der Waals surface area contributed by atoms with Crippen molar-refractivity contribution in [2.24, 2.45) is 7.05 Å². The van der Waals surface area contributed by atoms with Crippen LogP contribution in [0.15, 0.2) is 41.0 Å². The quantitative estimate of drug-likeness (QED) is 0.661. The van der Waals surface area contributed by atoms with Crippen LogP contribution < -0.4 is 0 Å². The highest BCUT2D eigenvalue weighted by molar-refractivity contribution is 5.86. The fraction of sp³-hybridized carbons (Fsp3) is 0.350. The van der Waals surface area contributed by atoms with Gasteiger partial charge in [0.1, 0.15) is 6.26 Å². The molecule has 27 heavy (non-hydrogen) atoms. The maximum atomic E-state index is 11.5. The number of benzene rings is 1. The molecule has 0 spiro atoms. The molecule has 0 aliphatic carbocycles. The molecule has 7 nitrogen and oxygen atoms in total. The predicted molar refractivity (Wildman–Crippen MR) is 99.2 cm³/mol. The molecule has 0 saturated carbocycles. The average molecular weight is 366 g/mol. The summed E-state index contributed by atoms with van der Waals surface area (Å²) in [7, 11) is 3.35. The largest absolute Gasteiger partial charge is 0.464 e. The van der Waals surface area contributed by atoms with E-state index in [9.17, 15) is 4.79 Å². The number of oxazole rings is 1. The van der Waals surface area contributed by atoms with Crippen molar-refractivity contribution in [3.63, 3.8) is 0 Å². The molecule has 2 aromatic heterocycles. The number of nitrogens with zero attached hydrogens (tertiary/aromatic N) is 4. The molecule has 1 aliphatic rings. The molecule has 4 rings (SSSR count). The summed E-state index contributed by atoms with van der Waals surface area (Å²) in [4.78, 5) is 18.0. The van der Waals surface area contributed by atoms with E-state index in [1.54, 1.807) is 0 Å². The predicted octanol–water partition coefficient (Wildman–Crippen LogP) is 2.46. The van der Waals surface area contributed by atoms with Gasteiger partial charge in [0.15, 0.2) is 5.69 Å². The number of hydrogen-bond acceptors (Lipinski definition) is 6. The van der Waals surface area contributed by atoms with Crippen molar-refractivity contribution in [1.82, 2.24) is 19.7 Å². The smallest absolute Gasteiger partial charge is 0.360 e. The molecule has 0 unspecified atom stereocenters. The molecule has 7 heteroatoms. The van der Waals surface area contributed by atoms with Gasteiger partial charge in [-0.2, -0.15) is 5.10 Å². The van der Waals surface area contributed by atoms with Crippen molar-refractivity contribution in [2.45, 2.75) is 19.4 Å². The molecular formula is C20H22N4O3. The molecule has 0 amide bonds. The van der Waals surface area contributed by atoms with Crippen molar-refractivity contribution < 1.29 is 13.9 Å². The molecule has 0 N–H and O–H groups in total. The number of carbonyl (C=O) groups is 1. The molecule has 0 saturated heterocycles. The summed E-state index contributed by atoms with van der Waals surface area (Å²) >= 11 is 0. The minimum absolute atomic E-state index is 0.209. The number of carbonyl (C=O) groups excluding carboxylic acids is 1. The summed E-state index contributed by atoms with van der Waals surface area (Å²) in [5.41, 5.74) is 5.02. The molecule has 0 fully saturated rings. The lowest BCUT2D eigenvalue weighted by molar-refractivity contribution is 0.0594. The first-order valence-corrected chi connectivity index (χ1v) is 9.01. The molecule has 3 heterocycles. The van der Waals surface area contributed by atoms with Crippen LogP contribution in [0.3, 0.4) is 0 Å². The van der Waals surface area contributed by atoms with E-state index in [1.807, 2.05) is 29.9 Å². The SMILES string of the molecule is COC(=O)c1coc(CN2CCc3c(-c4ccccc4)nn(C)c3CC2)n1. The number of fused-ring (bicyclic) bond motifs is 1. The second kappa shape index (κ2) is 7.36. The highest BCUT2D eigenvalue weighted by Gasteiger charge is 2.23. The zero-order chi connectivity index (χ0) is 18.8. The van der Waals surface area contributed by atoms with Gasteiger partial charge in [0.05, 0.1) is 19.3 Å². The second-order valence-electron chi connectivity index (χ2n) is 6.66. The minimum Gasteiger partial charge on any atom is -0.464 e. The first kappa shape index (κ1) is 17.5. The number of hydrogen-bond donors (Lipinski definition) is 0.